The van der Waals surface area contributed by atoms with Gasteiger partial charge >= 0.3 is 18.0 Å². The van der Waals surface area contributed by atoms with Crippen molar-refractivity contribution in [1.29, 1.82) is 0 Å². The van der Waals surface area contributed by atoms with Gasteiger partial charge in [0.05, 0.1) is 32.7 Å². The highest BCUT2D eigenvalue weighted by Gasteiger charge is 2.45. The van der Waals surface area contributed by atoms with Crippen LogP contribution >= 0.6 is 15.9 Å². The third-order valence-corrected chi connectivity index (χ3v) is 7.16. The van der Waals surface area contributed by atoms with Gasteiger partial charge in [0.15, 0.2) is 11.5 Å². The van der Waals surface area contributed by atoms with Crippen LogP contribution in [0.2, 0.25) is 0 Å². The summed E-state index contributed by atoms with van der Waals surface area (Å²) in [5.74, 6) is -0.186. The van der Waals surface area contributed by atoms with Gasteiger partial charge in [-0.3, -0.25) is 9.59 Å². The minimum absolute atomic E-state index is 0.141. The number of benzene rings is 2. The second-order valence-electron chi connectivity index (χ2n) is 10.9. The Bertz CT molecular complexity index is 1170. The molecule has 2 aromatic rings. The first-order valence-corrected chi connectivity index (χ1v) is 14.8. The van der Waals surface area contributed by atoms with Crippen molar-refractivity contribution in [1.82, 2.24) is 4.90 Å². The van der Waals surface area contributed by atoms with E-state index < -0.39 is 41.7 Å². The summed E-state index contributed by atoms with van der Waals surface area (Å²) in [6, 6.07) is 14.9. The summed E-state index contributed by atoms with van der Waals surface area (Å²) in [7, 11) is 2.90. The van der Waals surface area contributed by atoms with Crippen molar-refractivity contribution in [2.24, 2.45) is 5.92 Å². The van der Waals surface area contributed by atoms with Gasteiger partial charge < -0.3 is 28.6 Å². The molecule has 3 atom stereocenters. The van der Waals surface area contributed by atoms with Gasteiger partial charge in [-0.1, -0.05) is 52.3 Å². The van der Waals surface area contributed by atoms with Crippen LogP contribution in [0.5, 0.6) is 11.5 Å². The second-order valence-corrected chi connectivity index (χ2v) is 11.7. The Morgan fingerprint density at radius 3 is 2.39 bits per heavy atom. The first-order chi connectivity index (χ1) is 19.5. The zero-order chi connectivity index (χ0) is 30.0. The summed E-state index contributed by atoms with van der Waals surface area (Å²) in [5.41, 5.74) is 1.23. The second kappa shape index (κ2) is 15.1. The molecular formula is C31H40BrNO8. The number of esters is 2. The number of halogens is 1. The summed E-state index contributed by atoms with van der Waals surface area (Å²) in [6.45, 7) is 5.89. The lowest BCUT2D eigenvalue weighted by molar-refractivity contribution is -0.148. The first-order valence-electron chi connectivity index (χ1n) is 13.7. The fraction of sp³-hybridized carbons (Fsp3) is 0.516. The number of aryl methyl sites for hydroxylation is 1. The van der Waals surface area contributed by atoms with Gasteiger partial charge in [0, 0.05) is 18.2 Å². The molecule has 1 saturated heterocycles. The van der Waals surface area contributed by atoms with Crippen LogP contribution in [0.25, 0.3) is 0 Å². The van der Waals surface area contributed by atoms with E-state index in [9.17, 15) is 14.4 Å². The van der Waals surface area contributed by atoms with Crippen molar-refractivity contribution in [2.75, 3.05) is 26.1 Å². The Morgan fingerprint density at radius 2 is 1.76 bits per heavy atom. The summed E-state index contributed by atoms with van der Waals surface area (Å²) in [4.78, 5) is 39.9. The molecule has 0 aliphatic carbocycles. The Balaban J connectivity index is 1.61. The van der Waals surface area contributed by atoms with Crippen LogP contribution in [0, 0.1) is 5.92 Å². The van der Waals surface area contributed by atoms with Crippen molar-refractivity contribution in [3.63, 3.8) is 0 Å². The van der Waals surface area contributed by atoms with Crippen molar-refractivity contribution in [2.45, 2.75) is 70.8 Å². The average Bonchev–Trinajstić information content (AvgIpc) is 3.36. The lowest BCUT2D eigenvalue weighted by Crippen LogP contribution is -2.45. The molecule has 1 heterocycles. The van der Waals surface area contributed by atoms with E-state index in [0.29, 0.717) is 42.7 Å². The molecule has 0 spiro atoms. The summed E-state index contributed by atoms with van der Waals surface area (Å²) < 4.78 is 27.8. The van der Waals surface area contributed by atoms with Gasteiger partial charge in [-0.2, -0.15) is 0 Å². The smallest absolute Gasteiger partial charge is 0.410 e. The highest BCUT2D eigenvalue weighted by molar-refractivity contribution is 9.09. The van der Waals surface area contributed by atoms with E-state index in [1.54, 1.807) is 27.9 Å². The number of methoxy groups -OCH3 is 2. The number of ether oxygens (including phenoxy) is 5. The van der Waals surface area contributed by atoms with E-state index in [4.69, 9.17) is 23.7 Å². The summed E-state index contributed by atoms with van der Waals surface area (Å²) in [5, 5.41) is 0.551. The minimum Gasteiger partial charge on any atom is -0.493 e. The highest BCUT2D eigenvalue weighted by atomic mass is 79.9. The maximum Gasteiger partial charge on any atom is 0.410 e. The van der Waals surface area contributed by atoms with Gasteiger partial charge in [-0.15, -0.1) is 0 Å². The van der Waals surface area contributed by atoms with E-state index in [0.717, 1.165) is 11.1 Å². The third kappa shape index (κ3) is 9.66. The molecule has 9 nitrogen and oxygen atoms in total. The zero-order valence-corrected chi connectivity index (χ0v) is 26.0. The SMILES string of the molecule is COC(=O)C(CCBr)[C@H]1C[C@@H](OC(=O)CCc2ccc(OCc3ccccc3)c(OC)c2)CN1C(=O)OC(C)(C)C. The molecule has 1 aliphatic rings. The molecule has 0 bridgehead atoms. The first kappa shape index (κ1) is 32.2. The van der Waals surface area contributed by atoms with Gasteiger partial charge in [-0.05, 0) is 56.9 Å². The van der Waals surface area contributed by atoms with Crippen LogP contribution in [0.4, 0.5) is 4.79 Å². The maximum absolute atomic E-state index is 13.0. The molecule has 1 unspecified atom stereocenters. The van der Waals surface area contributed by atoms with Crippen LogP contribution in [-0.2, 0) is 36.8 Å². The van der Waals surface area contributed by atoms with Gasteiger partial charge in [0.2, 0.25) is 0 Å². The highest BCUT2D eigenvalue weighted by Crippen LogP contribution is 2.32. The molecule has 3 rings (SSSR count). The third-order valence-electron chi connectivity index (χ3n) is 6.70. The number of hydrogen-bond donors (Lipinski definition) is 0. The molecule has 0 N–H and O–H groups in total. The van der Waals surface area contributed by atoms with Crippen molar-refractivity contribution < 1.29 is 38.1 Å². The molecule has 1 amide bonds. The Hall–Kier alpha value is -3.27. The number of rotatable bonds is 12. The largest absolute Gasteiger partial charge is 0.493 e. The minimum atomic E-state index is -0.713. The van der Waals surface area contributed by atoms with Gasteiger partial charge in [-0.25, -0.2) is 4.79 Å². The molecule has 41 heavy (non-hydrogen) atoms. The van der Waals surface area contributed by atoms with Crippen LogP contribution in [0.15, 0.2) is 48.5 Å². The standard InChI is InChI=1S/C31H40BrNO8/c1-31(2,3)41-30(36)33-19-23(18-25(33)24(15-16-32)29(35)38-5)40-28(34)14-12-21-11-13-26(27(17-21)37-4)39-20-22-9-7-6-8-10-22/h6-11,13,17,23-25H,12,14-16,18-20H2,1-5H3/t23-,24?,25-/m1/s1. The number of carbonyl (C=O) groups is 3. The van der Waals surface area contributed by atoms with Crippen molar-refractivity contribution >= 4 is 34.0 Å². The predicted molar refractivity (Wildman–Crippen MR) is 157 cm³/mol. The van der Waals surface area contributed by atoms with E-state index in [2.05, 4.69) is 15.9 Å². The quantitative estimate of drug-likeness (QED) is 0.167. The molecule has 0 aromatic heterocycles. The lowest BCUT2D eigenvalue weighted by Gasteiger charge is -2.31. The molecule has 10 heteroatoms. The fourth-order valence-corrected chi connectivity index (χ4v) is 5.27. The molecule has 224 valence electrons. The van der Waals surface area contributed by atoms with Gasteiger partial charge in [0.25, 0.3) is 0 Å². The number of nitrogens with zero attached hydrogens (tertiary/aromatic N) is 1. The number of alkyl halides is 1. The van der Waals surface area contributed by atoms with E-state index in [1.807, 2.05) is 48.5 Å². The Kier molecular flexibility index (Phi) is 11.9. The molecule has 2 aromatic carbocycles. The van der Waals surface area contributed by atoms with E-state index >= 15 is 0 Å². The van der Waals surface area contributed by atoms with Gasteiger partial charge in [0.1, 0.15) is 18.3 Å². The normalized spacial score (nSPS) is 17.5. The fourth-order valence-electron chi connectivity index (χ4n) is 4.77. The van der Waals surface area contributed by atoms with Crippen LogP contribution in [0.1, 0.15) is 51.2 Å². The molecular weight excluding hydrogens is 594 g/mol. The monoisotopic (exact) mass is 633 g/mol. The average molecular weight is 635 g/mol. The van der Waals surface area contributed by atoms with Crippen LogP contribution < -0.4 is 9.47 Å². The van der Waals surface area contributed by atoms with E-state index in [-0.39, 0.29) is 13.0 Å². The van der Waals surface area contributed by atoms with Crippen LogP contribution in [0.3, 0.4) is 0 Å². The van der Waals surface area contributed by atoms with Crippen LogP contribution in [-0.4, -0.2) is 66.8 Å². The molecule has 0 radical (unpaired) electrons. The predicted octanol–water partition coefficient (Wildman–Crippen LogP) is 5.70. The van der Waals surface area contributed by atoms with Crippen molar-refractivity contribution in [3.05, 3.63) is 59.7 Å². The topological polar surface area (TPSA) is 101 Å². The summed E-state index contributed by atoms with van der Waals surface area (Å²) in [6.07, 6.45) is 0.248. The van der Waals surface area contributed by atoms with Crippen molar-refractivity contribution in [3.8, 4) is 11.5 Å². The lowest BCUT2D eigenvalue weighted by atomic mass is 9.94. The number of carbonyl (C=O) groups excluding carboxylic acids is 3. The zero-order valence-electron chi connectivity index (χ0n) is 24.4. The summed E-state index contributed by atoms with van der Waals surface area (Å²) >= 11 is 3.39. The number of amides is 1. The molecule has 0 saturated carbocycles. The Labute approximate surface area is 250 Å². The molecule has 1 aliphatic heterocycles. The Morgan fingerprint density at radius 1 is 1.02 bits per heavy atom. The number of likely N-dealkylation sites (tertiary alicyclic amines) is 1. The number of hydrogen-bond acceptors (Lipinski definition) is 8. The molecule has 1 fully saturated rings. The van der Waals surface area contributed by atoms with E-state index in [1.165, 1.54) is 12.0 Å². The maximum atomic E-state index is 13.0.